The molecule has 0 fully saturated rings. The van der Waals surface area contributed by atoms with E-state index in [1.165, 1.54) is 0 Å². The van der Waals surface area contributed by atoms with E-state index in [2.05, 4.69) is 12.0 Å². The highest BCUT2D eigenvalue weighted by Gasteiger charge is 2.12. The molecule has 0 spiro atoms. The van der Waals surface area contributed by atoms with Gasteiger partial charge in [0.1, 0.15) is 17.4 Å². The molecule has 1 radical (unpaired) electrons. The van der Waals surface area contributed by atoms with Gasteiger partial charge in [0.25, 0.3) is 0 Å². The van der Waals surface area contributed by atoms with Gasteiger partial charge in [0, 0.05) is 11.6 Å². The van der Waals surface area contributed by atoms with Crippen LogP contribution in [0.25, 0.3) is 0 Å². The average molecular weight is 243 g/mol. The molecule has 0 saturated heterocycles. The van der Waals surface area contributed by atoms with Crippen LogP contribution >= 0.6 is 0 Å². The lowest BCUT2D eigenvalue weighted by atomic mass is 10.1. The summed E-state index contributed by atoms with van der Waals surface area (Å²) in [7, 11) is 0. The second-order valence-electron chi connectivity index (χ2n) is 3.60. The minimum atomic E-state index is -0.836. The van der Waals surface area contributed by atoms with Gasteiger partial charge in [-0.05, 0) is 30.3 Å². The minimum Gasteiger partial charge on any atom is -0.473 e. The van der Waals surface area contributed by atoms with Crippen molar-refractivity contribution in [3.63, 3.8) is 0 Å². The molecule has 0 aliphatic carbocycles. The molecule has 1 atom stereocenters. The van der Waals surface area contributed by atoms with Crippen molar-refractivity contribution in [1.29, 1.82) is 0 Å². The maximum atomic E-state index is 13.1. The molecular formula is C15H9F2O. The molecule has 2 rings (SSSR count). The fraction of sp³-hybridized carbons (Fsp3) is 0.0667. The zero-order chi connectivity index (χ0) is 13.0. The number of benzene rings is 2. The first-order chi connectivity index (χ1) is 8.69. The number of ether oxygens (including phenoxy) is 1. The van der Waals surface area contributed by atoms with Crippen molar-refractivity contribution in [2.45, 2.75) is 6.10 Å². The van der Waals surface area contributed by atoms with Gasteiger partial charge in [-0.25, -0.2) is 8.78 Å². The Labute approximate surface area is 104 Å². The van der Waals surface area contributed by atoms with E-state index < -0.39 is 17.7 Å². The lowest BCUT2D eigenvalue weighted by Crippen LogP contribution is -2.06. The van der Waals surface area contributed by atoms with Gasteiger partial charge < -0.3 is 4.74 Å². The molecule has 18 heavy (non-hydrogen) atoms. The minimum absolute atomic E-state index is 0.267. The van der Waals surface area contributed by atoms with Crippen LogP contribution < -0.4 is 4.74 Å². The molecule has 1 unspecified atom stereocenters. The summed E-state index contributed by atoms with van der Waals surface area (Å²) in [4.78, 5) is 0. The standard InChI is InChI=1S/C15H9F2O/c1-2-15(18-14-6-4-3-5-7-14)11-8-12(16)10-13(17)9-11/h1,4-10,15H. The molecular weight excluding hydrogens is 234 g/mol. The number of hydrogen-bond donors (Lipinski definition) is 0. The summed E-state index contributed by atoms with van der Waals surface area (Å²) >= 11 is 0. The summed E-state index contributed by atoms with van der Waals surface area (Å²) in [5.74, 6) is 1.50. The number of terminal acetylenes is 1. The van der Waals surface area contributed by atoms with Crippen molar-refractivity contribution in [1.82, 2.24) is 0 Å². The molecule has 2 aromatic rings. The van der Waals surface area contributed by atoms with Crippen LogP contribution in [0.4, 0.5) is 8.78 Å². The number of hydrogen-bond acceptors (Lipinski definition) is 1. The maximum absolute atomic E-state index is 13.1. The average Bonchev–Trinajstić information content (AvgIpc) is 2.36. The monoisotopic (exact) mass is 243 g/mol. The Morgan fingerprint density at radius 1 is 1.11 bits per heavy atom. The van der Waals surface area contributed by atoms with Crippen molar-refractivity contribution < 1.29 is 13.5 Å². The van der Waals surface area contributed by atoms with Crippen LogP contribution in [0, 0.1) is 30.0 Å². The van der Waals surface area contributed by atoms with Crippen LogP contribution in [0.1, 0.15) is 11.7 Å². The zero-order valence-electron chi connectivity index (χ0n) is 9.36. The predicted octanol–water partition coefficient (Wildman–Crippen LogP) is 3.52. The molecule has 0 amide bonds. The molecule has 89 valence electrons. The van der Waals surface area contributed by atoms with E-state index in [-0.39, 0.29) is 5.56 Å². The van der Waals surface area contributed by atoms with Crippen molar-refractivity contribution >= 4 is 0 Å². The summed E-state index contributed by atoms with van der Waals surface area (Å²) in [6, 6.07) is 12.6. The van der Waals surface area contributed by atoms with E-state index in [4.69, 9.17) is 11.2 Å². The lowest BCUT2D eigenvalue weighted by Gasteiger charge is -2.14. The van der Waals surface area contributed by atoms with Crippen molar-refractivity contribution in [2.24, 2.45) is 0 Å². The summed E-state index contributed by atoms with van der Waals surface area (Å²) in [5, 5.41) is 0. The fourth-order valence-corrected chi connectivity index (χ4v) is 1.51. The summed E-state index contributed by atoms with van der Waals surface area (Å²) < 4.78 is 31.7. The van der Waals surface area contributed by atoms with Crippen molar-refractivity contribution in [3.8, 4) is 18.1 Å². The third-order valence-electron chi connectivity index (χ3n) is 2.28. The van der Waals surface area contributed by atoms with E-state index in [0.717, 1.165) is 18.2 Å². The van der Waals surface area contributed by atoms with Gasteiger partial charge in [0.05, 0.1) is 0 Å². The van der Waals surface area contributed by atoms with Gasteiger partial charge in [0.2, 0.25) is 0 Å². The highest BCUT2D eigenvalue weighted by atomic mass is 19.1. The van der Waals surface area contributed by atoms with Gasteiger partial charge >= 0.3 is 0 Å². The van der Waals surface area contributed by atoms with E-state index >= 15 is 0 Å². The first-order valence-electron chi connectivity index (χ1n) is 5.24. The number of halogens is 2. The Kier molecular flexibility index (Phi) is 3.59. The van der Waals surface area contributed by atoms with Crippen LogP contribution in [0.15, 0.2) is 42.5 Å². The summed E-state index contributed by atoms with van der Waals surface area (Å²) in [5.41, 5.74) is 0.267. The number of rotatable bonds is 3. The molecule has 0 N–H and O–H groups in total. The van der Waals surface area contributed by atoms with Gasteiger partial charge in [-0.1, -0.05) is 18.1 Å². The maximum Gasteiger partial charge on any atom is 0.184 e. The van der Waals surface area contributed by atoms with Gasteiger partial charge in [-0.15, -0.1) is 6.42 Å². The topological polar surface area (TPSA) is 9.23 Å². The van der Waals surface area contributed by atoms with E-state index in [1.807, 2.05) is 0 Å². The third kappa shape index (κ3) is 2.86. The summed E-state index contributed by atoms with van der Waals surface area (Å²) in [6.45, 7) is 0. The molecule has 1 nitrogen and oxygen atoms in total. The van der Waals surface area contributed by atoms with Gasteiger partial charge in [-0.3, -0.25) is 0 Å². The van der Waals surface area contributed by atoms with E-state index in [0.29, 0.717) is 5.75 Å². The normalized spacial score (nSPS) is 11.6. The Morgan fingerprint density at radius 2 is 1.72 bits per heavy atom. The van der Waals surface area contributed by atoms with E-state index in [1.54, 1.807) is 24.3 Å². The fourth-order valence-electron chi connectivity index (χ4n) is 1.51. The van der Waals surface area contributed by atoms with Crippen LogP contribution in [0.2, 0.25) is 0 Å². The molecule has 0 aliphatic rings. The first kappa shape index (κ1) is 12.1. The van der Waals surface area contributed by atoms with Crippen LogP contribution in [-0.2, 0) is 0 Å². The Morgan fingerprint density at radius 3 is 2.28 bits per heavy atom. The van der Waals surface area contributed by atoms with Crippen molar-refractivity contribution in [2.75, 3.05) is 0 Å². The summed E-state index contributed by atoms with van der Waals surface area (Å²) in [6.07, 6.45) is 4.49. The smallest absolute Gasteiger partial charge is 0.184 e. The molecule has 0 aromatic heterocycles. The Hall–Kier alpha value is -2.34. The van der Waals surface area contributed by atoms with Crippen LogP contribution in [0.5, 0.6) is 5.75 Å². The molecule has 0 aliphatic heterocycles. The van der Waals surface area contributed by atoms with Gasteiger partial charge in [0.15, 0.2) is 6.10 Å². The third-order valence-corrected chi connectivity index (χ3v) is 2.28. The molecule has 3 heteroatoms. The molecule has 0 heterocycles. The first-order valence-corrected chi connectivity index (χ1v) is 5.24. The Balaban J connectivity index is 2.26. The largest absolute Gasteiger partial charge is 0.473 e. The SMILES string of the molecule is C#CC(Oc1cc[c]cc1)c1cc(F)cc(F)c1. The van der Waals surface area contributed by atoms with E-state index in [9.17, 15) is 8.78 Å². The molecule has 0 saturated carbocycles. The quantitative estimate of drug-likeness (QED) is 0.749. The molecule has 0 bridgehead atoms. The Bertz CT molecular complexity index is 553. The highest BCUT2D eigenvalue weighted by Crippen LogP contribution is 2.22. The van der Waals surface area contributed by atoms with Crippen molar-refractivity contribution in [3.05, 3.63) is 65.7 Å². The van der Waals surface area contributed by atoms with Gasteiger partial charge in [-0.2, -0.15) is 0 Å². The second kappa shape index (κ2) is 5.33. The second-order valence-corrected chi connectivity index (χ2v) is 3.60. The lowest BCUT2D eigenvalue weighted by molar-refractivity contribution is 0.264. The predicted molar refractivity (Wildman–Crippen MR) is 63.8 cm³/mol. The van der Waals surface area contributed by atoms with Crippen LogP contribution in [-0.4, -0.2) is 0 Å². The zero-order valence-corrected chi connectivity index (χ0v) is 9.36. The van der Waals surface area contributed by atoms with Crippen LogP contribution in [0.3, 0.4) is 0 Å². The molecule has 2 aromatic carbocycles. The highest BCUT2D eigenvalue weighted by molar-refractivity contribution is 5.29.